The van der Waals surface area contributed by atoms with Crippen LogP contribution in [0.25, 0.3) is 0 Å². The Bertz CT molecular complexity index is 520. The molecule has 0 N–H and O–H groups in total. The van der Waals surface area contributed by atoms with Crippen molar-refractivity contribution >= 4 is 0 Å². The number of ether oxygens (including phenoxy) is 1. The second-order valence-electron chi connectivity index (χ2n) is 4.13. The van der Waals surface area contributed by atoms with E-state index in [-0.39, 0.29) is 12.2 Å². The van der Waals surface area contributed by atoms with E-state index in [1.54, 1.807) is 6.07 Å². The summed E-state index contributed by atoms with van der Waals surface area (Å²) in [5.41, 5.74) is 0.459. The van der Waals surface area contributed by atoms with Gasteiger partial charge in [-0.3, -0.25) is 0 Å². The van der Waals surface area contributed by atoms with Crippen molar-refractivity contribution in [2.45, 2.75) is 19.4 Å². The number of alkyl halides is 3. The first-order valence-corrected chi connectivity index (χ1v) is 5.84. The molecule has 4 heteroatoms. The molecule has 0 radical (unpaired) electrons. The summed E-state index contributed by atoms with van der Waals surface area (Å²) in [6.45, 7) is 0.248. The molecule has 19 heavy (non-hydrogen) atoms. The fourth-order valence-electron chi connectivity index (χ4n) is 1.78. The van der Waals surface area contributed by atoms with E-state index in [0.29, 0.717) is 6.61 Å². The lowest BCUT2D eigenvalue weighted by Crippen LogP contribution is -2.09. The van der Waals surface area contributed by atoms with Crippen LogP contribution in [0.5, 0.6) is 0 Å². The van der Waals surface area contributed by atoms with Gasteiger partial charge in [0.15, 0.2) is 0 Å². The minimum Gasteiger partial charge on any atom is -0.372 e. The SMILES string of the molecule is FC(F)(F)c1ccccc1COCc1ccccc1. The van der Waals surface area contributed by atoms with Gasteiger partial charge in [-0.25, -0.2) is 0 Å². The molecular formula is C15H13F3O. The van der Waals surface area contributed by atoms with E-state index in [4.69, 9.17) is 4.74 Å². The Hall–Kier alpha value is -1.81. The fraction of sp³-hybridized carbons (Fsp3) is 0.200. The molecule has 0 aliphatic carbocycles. The highest BCUT2D eigenvalue weighted by atomic mass is 19.4. The minimum absolute atomic E-state index is 0.0510. The molecule has 0 aromatic heterocycles. The van der Waals surface area contributed by atoms with Gasteiger partial charge in [0.2, 0.25) is 0 Å². The molecule has 1 nitrogen and oxygen atoms in total. The van der Waals surface area contributed by atoms with Crippen LogP contribution in [0.1, 0.15) is 16.7 Å². The predicted octanol–water partition coefficient (Wildman–Crippen LogP) is 4.42. The Kier molecular flexibility index (Phi) is 4.22. The number of halogens is 3. The highest BCUT2D eigenvalue weighted by Gasteiger charge is 2.32. The summed E-state index contributed by atoms with van der Waals surface area (Å²) >= 11 is 0. The molecule has 2 aromatic carbocycles. The Balaban J connectivity index is 2.00. The van der Waals surface area contributed by atoms with Gasteiger partial charge in [0.1, 0.15) is 0 Å². The fourth-order valence-corrected chi connectivity index (χ4v) is 1.78. The third kappa shape index (κ3) is 3.83. The molecule has 0 aliphatic rings. The van der Waals surface area contributed by atoms with Gasteiger partial charge in [-0.05, 0) is 17.2 Å². The Morgan fingerprint density at radius 2 is 1.42 bits per heavy atom. The zero-order chi connectivity index (χ0) is 13.7. The summed E-state index contributed by atoms with van der Waals surface area (Å²) in [6.07, 6.45) is -4.34. The molecule has 0 spiro atoms. The minimum atomic E-state index is -4.34. The van der Waals surface area contributed by atoms with Crippen LogP contribution in [-0.2, 0) is 24.1 Å². The van der Waals surface area contributed by atoms with Crippen LogP contribution in [0.15, 0.2) is 54.6 Å². The second kappa shape index (κ2) is 5.89. The Labute approximate surface area is 109 Å². The van der Waals surface area contributed by atoms with E-state index in [0.717, 1.165) is 11.6 Å². The Morgan fingerprint density at radius 3 is 2.11 bits per heavy atom. The van der Waals surface area contributed by atoms with Crippen molar-refractivity contribution in [3.05, 3.63) is 71.3 Å². The van der Waals surface area contributed by atoms with Gasteiger partial charge in [-0.1, -0.05) is 48.5 Å². The van der Waals surface area contributed by atoms with Gasteiger partial charge >= 0.3 is 6.18 Å². The molecule has 0 amide bonds. The molecule has 100 valence electrons. The second-order valence-corrected chi connectivity index (χ2v) is 4.13. The highest BCUT2D eigenvalue weighted by Crippen LogP contribution is 2.32. The zero-order valence-electron chi connectivity index (χ0n) is 10.2. The number of benzene rings is 2. The van der Waals surface area contributed by atoms with Crippen LogP contribution >= 0.6 is 0 Å². The van der Waals surface area contributed by atoms with Crippen LogP contribution < -0.4 is 0 Å². The lowest BCUT2D eigenvalue weighted by Gasteiger charge is -2.12. The summed E-state index contributed by atoms with van der Waals surface area (Å²) in [7, 11) is 0. The van der Waals surface area contributed by atoms with Gasteiger partial charge in [0, 0.05) is 0 Å². The number of hydrogen-bond acceptors (Lipinski definition) is 1. The van der Waals surface area contributed by atoms with E-state index in [2.05, 4.69) is 0 Å². The van der Waals surface area contributed by atoms with Crippen LogP contribution in [0.4, 0.5) is 13.2 Å². The molecule has 0 atom stereocenters. The monoisotopic (exact) mass is 266 g/mol. The molecule has 0 saturated heterocycles. The van der Waals surface area contributed by atoms with Crippen LogP contribution in [0.3, 0.4) is 0 Å². The van der Waals surface area contributed by atoms with Crippen molar-refractivity contribution in [1.82, 2.24) is 0 Å². The number of hydrogen-bond donors (Lipinski definition) is 0. The van der Waals surface area contributed by atoms with Crippen LogP contribution in [-0.4, -0.2) is 0 Å². The third-order valence-corrected chi connectivity index (χ3v) is 2.69. The summed E-state index contributed by atoms with van der Waals surface area (Å²) in [5.74, 6) is 0. The van der Waals surface area contributed by atoms with Gasteiger partial charge in [0.05, 0.1) is 18.8 Å². The standard InChI is InChI=1S/C15H13F3O/c16-15(17,18)14-9-5-4-8-13(14)11-19-10-12-6-2-1-3-7-12/h1-9H,10-11H2. The molecule has 0 heterocycles. The average molecular weight is 266 g/mol. The first-order valence-electron chi connectivity index (χ1n) is 5.84. The van der Waals surface area contributed by atoms with E-state index in [9.17, 15) is 13.2 Å². The zero-order valence-corrected chi connectivity index (χ0v) is 10.2. The average Bonchev–Trinajstić information content (AvgIpc) is 2.39. The van der Waals surface area contributed by atoms with Crippen molar-refractivity contribution in [3.63, 3.8) is 0 Å². The molecular weight excluding hydrogens is 253 g/mol. The Morgan fingerprint density at radius 1 is 0.789 bits per heavy atom. The summed E-state index contributed by atoms with van der Waals surface area (Å²) in [6, 6.07) is 14.8. The predicted molar refractivity (Wildman–Crippen MR) is 66.4 cm³/mol. The lowest BCUT2D eigenvalue weighted by molar-refractivity contribution is -0.138. The molecule has 2 rings (SSSR count). The maximum Gasteiger partial charge on any atom is 0.416 e. The molecule has 2 aromatic rings. The van der Waals surface area contributed by atoms with Crippen molar-refractivity contribution in [2.24, 2.45) is 0 Å². The van der Waals surface area contributed by atoms with E-state index in [1.165, 1.54) is 12.1 Å². The summed E-state index contributed by atoms with van der Waals surface area (Å²) < 4.78 is 43.6. The van der Waals surface area contributed by atoms with E-state index >= 15 is 0 Å². The van der Waals surface area contributed by atoms with Crippen molar-refractivity contribution in [1.29, 1.82) is 0 Å². The van der Waals surface area contributed by atoms with Crippen molar-refractivity contribution < 1.29 is 17.9 Å². The number of rotatable bonds is 4. The van der Waals surface area contributed by atoms with E-state index < -0.39 is 11.7 Å². The van der Waals surface area contributed by atoms with Gasteiger partial charge in [-0.15, -0.1) is 0 Å². The van der Waals surface area contributed by atoms with Gasteiger partial charge in [0.25, 0.3) is 0 Å². The quantitative estimate of drug-likeness (QED) is 0.795. The smallest absolute Gasteiger partial charge is 0.372 e. The molecule has 0 aliphatic heterocycles. The third-order valence-electron chi connectivity index (χ3n) is 2.69. The van der Waals surface area contributed by atoms with Gasteiger partial charge in [-0.2, -0.15) is 13.2 Å². The maximum atomic E-state index is 12.7. The topological polar surface area (TPSA) is 9.23 Å². The van der Waals surface area contributed by atoms with Crippen molar-refractivity contribution in [3.8, 4) is 0 Å². The van der Waals surface area contributed by atoms with Crippen molar-refractivity contribution in [2.75, 3.05) is 0 Å². The molecule has 0 unspecified atom stereocenters. The summed E-state index contributed by atoms with van der Waals surface area (Å²) in [4.78, 5) is 0. The van der Waals surface area contributed by atoms with Gasteiger partial charge < -0.3 is 4.74 Å². The lowest BCUT2D eigenvalue weighted by atomic mass is 10.1. The maximum absolute atomic E-state index is 12.7. The van der Waals surface area contributed by atoms with Crippen LogP contribution in [0.2, 0.25) is 0 Å². The largest absolute Gasteiger partial charge is 0.416 e. The first kappa shape index (κ1) is 13.6. The molecule has 0 saturated carbocycles. The highest BCUT2D eigenvalue weighted by molar-refractivity contribution is 5.29. The summed E-state index contributed by atoms with van der Waals surface area (Å²) in [5, 5.41) is 0. The normalized spacial score (nSPS) is 11.5. The molecule has 0 bridgehead atoms. The van der Waals surface area contributed by atoms with E-state index in [1.807, 2.05) is 30.3 Å². The molecule has 0 fully saturated rings. The van der Waals surface area contributed by atoms with Crippen LogP contribution in [0, 0.1) is 0 Å². The first-order chi connectivity index (χ1) is 9.07.